The summed E-state index contributed by atoms with van der Waals surface area (Å²) in [5.74, 6) is -0.0333. The van der Waals surface area contributed by atoms with E-state index in [9.17, 15) is 18.0 Å². The van der Waals surface area contributed by atoms with Crippen molar-refractivity contribution in [1.29, 1.82) is 0 Å². The molecule has 1 amide bonds. The van der Waals surface area contributed by atoms with Gasteiger partial charge in [-0.3, -0.25) is 9.59 Å². The van der Waals surface area contributed by atoms with Gasteiger partial charge in [0.15, 0.2) is 0 Å². The lowest BCUT2D eigenvalue weighted by Gasteiger charge is -2.12. The summed E-state index contributed by atoms with van der Waals surface area (Å²) in [5, 5.41) is 2.65. The summed E-state index contributed by atoms with van der Waals surface area (Å²) in [6.45, 7) is 0.153. The highest BCUT2D eigenvalue weighted by Gasteiger charge is 2.17. The van der Waals surface area contributed by atoms with E-state index < -0.39 is 21.5 Å². The number of hydrogen-bond donors (Lipinski definition) is 2. The highest BCUT2D eigenvalue weighted by atomic mass is 32.2. The zero-order valence-electron chi connectivity index (χ0n) is 15.3. The molecule has 0 radical (unpaired) electrons. The van der Waals surface area contributed by atoms with Crippen LogP contribution in [0.5, 0.6) is 0 Å². The van der Waals surface area contributed by atoms with Crippen molar-refractivity contribution in [2.75, 3.05) is 14.1 Å². The summed E-state index contributed by atoms with van der Waals surface area (Å²) in [5.41, 5.74) is 0.625. The van der Waals surface area contributed by atoms with Crippen LogP contribution in [0.3, 0.4) is 0 Å². The quantitative estimate of drug-likeness (QED) is 0.654. The topological polar surface area (TPSA) is 112 Å². The molecule has 0 spiro atoms. The predicted molar refractivity (Wildman–Crippen MR) is 103 cm³/mol. The third-order valence-corrected chi connectivity index (χ3v) is 5.93. The van der Waals surface area contributed by atoms with Crippen molar-refractivity contribution in [3.8, 4) is 11.5 Å². The molecule has 2 heterocycles. The van der Waals surface area contributed by atoms with E-state index in [1.54, 1.807) is 30.3 Å². The number of pyridine rings is 1. The van der Waals surface area contributed by atoms with Crippen molar-refractivity contribution in [3.05, 3.63) is 76.3 Å². The molecule has 0 atom stereocenters. The van der Waals surface area contributed by atoms with Crippen molar-refractivity contribution >= 4 is 15.9 Å². The number of hydrogen-bond acceptors (Lipinski definition) is 5. The van der Waals surface area contributed by atoms with E-state index in [2.05, 4.69) is 10.3 Å². The number of sulfonamides is 1. The number of rotatable bonds is 6. The number of H-pyrrole nitrogens is 1. The van der Waals surface area contributed by atoms with Crippen LogP contribution < -0.4 is 10.9 Å². The first kappa shape index (κ1) is 19.6. The first-order valence-corrected chi connectivity index (χ1v) is 9.80. The largest absolute Gasteiger partial charge is 0.463 e. The van der Waals surface area contributed by atoms with Gasteiger partial charge in [-0.05, 0) is 42.0 Å². The maximum atomic E-state index is 12.3. The number of nitrogens with one attached hydrogen (secondary N) is 2. The molecule has 0 aliphatic carbocycles. The predicted octanol–water partition coefficient (Wildman–Crippen LogP) is 1.82. The van der Waals surface area contributed by atoms with Crippen LogP contribution in [-0.2, 0) is 16.6 Å². The van der Waals surface area contributed by atoms with Gasteiger partial charge in [-0.15, -0.1) is 0 Å². The zero-order valence-corrected chi connectivity index (χ0v) is 16.1. The van der Waals surface area contributed by atoms with Gasteiger partial charge in [0.1, 0.15) is 11.3 Å². The molecule has 3 rings (SSSR count). The van der Waals surface area contributed by atoms with E-state index in [-0.39, 0.29) is 17.0 Å². The molecule has 3 aromatic rings. The van der Waals surface area contributed by atoms with Gasteiger partial charge in [-0.1, -0.05) is 12.1 Å². The van der Waals surface area contributed by atoms with E-state index in [1.165, 1.54) is 38.6 Å². The molecule has 0 unspecified atom stereocenters. The number of furan rings is 1. The van der Waals surface area contributed by atoms with Gasteiger partial charge in [-0.25, -0.2) is 12.7 Å². The third-order valence-electron chi connectivity index (χ3n) is 4.10. The SMILES string of the molecule is CN(C)S(=O)(=O)c1ccc(CNC(=O)c2ccc(-c3ccco3)[nH]c2=O)cc1. The number of amides is 1. The van der Waals surface area contributed by atoms with Gasteiger partial charge in [0, 0.05) is 20.6 Å². The molecule has 0 aliphatic heterocycles. The molecule has 0 fully saturated rings. The minimum atomic E-state index is -3.50. The number of carbonyl (C=O) groups excluding carboxylic acids is 1. The summed E-state index contributed by atoms with van der Waals surface area (Å²) >= 11 is 0. The molecule has 8 nitrogen and oxygen atoms in total. The van der Waals surface area contributed by atoms with Gasteiger partial charge in [0.25, 0.3) is 11.5 Å². The normalized spacial score (nSPS) is 11.5. The average molecular weight is 401 g/mol. The Labute approximate surface area is 161 Å². The monoisotopic (exact) mass is 401 g/mol. The molecule has 0 bridgehead atoms. The van der Waals surface area contributed by atoms with Crippen LogP contribution >= 0.6 is 0 Å². The van der Waals surface area contributed by atoms with E-state index in [0.717, 1.165) is 4.31 Å². The van der Waals surface area contributed by atoms with Crippen molar-refractivity contribution in [2.24, 2.45) is 0 Å². The van der Waals surface area contributed by atoms with Crippen LogP contribution in [0.15, 0.2) is 68.9 Å². The van der Waals surface area contributed by atoms with Crippen molar-refractivity contribution in [2.45, 2.75) is 11.4 Å². The fourth-order valence-corrected chi connectivity index (χ4v) is 3.40. The molecule has 0 aliphatic rings. The second kappa shape index (κ2) is 7.83. The van der Waals surface area contributed by atoms with E-state index in [0.29, 0.717) is 17.0 Å². The van der Waals surface area contributed by atoms with Crippen molar-refractivity contribution in [3.63, 3.8) is 0 Å². The summed E-state index contributed by atoms with van der Waals surface area (Å²) in [6, 6.07) is 12.6. The number of aromatic nitrogens is 1. The first-order chi connectivity index (χ1) is 13.3. The fraction of sp³-hybridized carbons (Fsp3) is 0.158. The second-order valence-electron chi connectivity index (χ2n) is 6.21. The van der Waals surface area contributed by atoms with Gasteiger partial charge in [-0.2, -0.15) is 0 Å². The number of nitrogens with zero attached hydrogens (tertiary/aromatic N) is 1. The highest BCUT2D eigenvalue weighted by molar-refractivity contribution is 7.89. The van der Waals surface area contributed by atoms with E-state index in [4.69, 9.17) is 4.42 Å². The van der Waals surface area contributed by atoms with Gasteiger partial charge >= 0.3 is 0 Å². The molecule has 28 heavy (non-hydrogen) atoms. The first-order valence-electron chi connectivity index (χ1n) is 8.36. The molecule has 2 aromatic heterocycles. The lowest BCUT2D eigenvalue weighted by atomic mass is 10.2. The Hall–Kier alpha value is -3.17. The van der Waals surface area contributed by atoms with Gasteiger partial charge in [0.2, 0.25) is 10.0 Å². The van der Waals surface area contributed by atoms with Gasteiger partial charge < -0.3 is 14.7 Å². The Balaban J connectivity index is 1.68. The molecular formula is C19H19N3O5S. The molecule has 1 aromatic carbocycles. The maximum absolute atomic E-state index is 12.3. The number of carbonyl (C=O) groups is 1. The Morgan fingerprint density at radius 2 is 1.82 bits per heavy atom. The molecule has 0 saturated heterocycles. The molecule has 9 heteroatoms. The zero-order chi connectivity index (χ0) is 20.3. The lowest BCUT2D eigenvalue weighted by molar-refractivity contribution is 0.0949. The minimum Gasteiger partial charge on any atom is -0.463 e. The summed E-state index contributed by atoms with van der Waals surface area (Å²) in [4.78, 5) is 27.2. The third kappa shape index (κ3) is 4.05. The summed E-state index contributed by atoms with van der Waals surface area (Å²) in [7, 11) is -0.590. The standard InChI is InChI=1S/C19H19N3O5S/c1-22(2)28(25,26)14-7-5-13(6-8-14)12-20-18(23)15-9-10-16(21-19(15)24)17-4-3-11-27-17/h3-11H,12H2,1-2H3,(H,20,23)(H,21,24). The smallest absolute Gasteiger partial charge is 0.261 e. The van der Waals surface area contributed by atoms with Crippen LogP contribution in [0.1, 0.15) is 15.9 Å². The fourth-order valence-electron chi connectivity index (χ4n) is 2.50. The van der Waals surface area contributed by atoms with Crippen LogP contribution in [0, 0.1) is 0 Å². The number of benzene rings is 1. The highest BCUT2D eigenvalue weighted by Crippen LogP contribution is 2.16. The van der Waals surface area contributed by atoms with Crippen LogP contribution in [0.4, 0.5) is 0 Å². The van der Waals surface area contributed by atoms with E-state index >= 15 is 0 Å². The van der Waals surface area contributed by atoms with Crippen molar-refractivity contribution in [1.82, 2.24) is 14.6 Å². The minimum absolute atomic E-state index is 0.0258. The Morgan fingerprint density at radius 1 is 1.11 bits per heavy atom. The molecule has 146 valence electrons. The molecular weight excluding hydrogens is 382 g/mol. The van der Waals surface area contributed by atoms with Crippen LogP contribution in [0.2, 0.25) is 0 Å². The Kier molecular flexibility index (Phi) is 5.48. The Morgan fingerprint density at radius 3 is 2.39 bits per heavy atom. The van der Waals surface area contributed by atoms with Crippen molar-refractivity contribution < 1.29 is 17.6 Å². The average Bonchev–Trinajstić information content (AvgIpc) is 3.21. The molecule has 2 N–H and O–H groups in total. The summed E-state index contributed by atoms with van der Waals surface area (Å²) in [6.07, 6.45) is 1.49. The van der Waals surface area contributed by atoms with Crippen LogP contribution in [0.25, 0.3) is 11.5 Å². The van der Waals surface area contributed by atoms with E-state index in [1.807, 2.05) is 0 Å². The van der Waals surface area contributed by atoms with Crippen LogP contribution in [-0.4, -0.2) is 37.7 Å². The number of aromatic amines is 1. The Bertz CT molecular complexity index is 1130. The summed E-state index contributed by atoms with van der Waals surface area (Å²) < 4.78 is 30.5. The molecule has 0 saturated carbocycles. The lowest BCUT2D eigenvalue weighted by Crippen LogP contribution is -2.29. The maximum Gasteiger partial charge on any atom is 0.261 e. The second-order valence-corrected chi connectivity index (χ2v) is 8.36. The van der Waals surface area contributed by atoms with Gasteiger partial charge in [0.05, 0.1) is 16.9 Å².